The van der Waals surface area contributed by atoms with Gasteiger partial charge >= 0.3 is 0 Å². The summed E-state index contributed by atoms with van der Waals surface area (Å²) in [7, 11) is 5.32. The van der Waals surface area contributed by atoms with E-state index in [0.29, 0.717) is 0 Å². The molecule has 0 saturated carbocycles. The number of likely N-dealkylation sites (N-methyl/N-ethyl adjacent to an activating group) is 1. The molecule has 2 aromatic carbocycles. The first kappa shape index (κ1) is 20.8. The lowest BCUT2D eigenvalue weighted by Crippen LogP contribution is -3.14. The third-order valence-corrected chi connectivity index (χ3v) is 5.03. The molecule has 0 aromatic heterocycles. The highest BCUT2D eigenvalue weighted by molar-refractivity contribution is 5.94. The monoisotopic (exact) mass is 371 g/mol. The Morgan fingerprint density at radius 3 is 2.41 bits per heavy atom. The molecule has 0 bridgehead atoms. The molecular formula is C22H31N2O3+. The predicted molar refractivity (Wildman–Crippen MR) is 109 cm³/mol. The summed E-state index contributed by atoms with van der Waals surface area (Å²) in [5.41, 5.74) is 4.31. The molecule has 5 nitrogen and oxygen atoms in total. The molecule has 2 aromatic rings. The molecule has 146 valence electrons. The Bertz CT molecular complexity index is 789. The first-order valence-electron chi connectivity index (χ1n) is 9.27. The summed E-state index contributed by atoms with van der Waals surface area (Å²) in [5.74, 6) is 1.49. The van der Waals surface area contributed by atoms with Gasteiger partial charge in [0, 0.05) is 12.1 Å². The zero-order chi connectivity index (χ0) is 20.0. The summed E-state index contributed by atoms with van der Waals surface area (Å²) in [6.07, 6.45) is 0.855. The molecule has 2 atom stereocenters. The normalized spacial score (nSPS) is 13.0. The molecule has 2 N–H and O–H groups in total. The molecule has 2 rings (SSSR count). The van der Waals surface area contributed by atoms with Gasteiger partial charge in [0.2, 0.25) is 0 Å². The molecule has 27 heavy (non-hydrogen) atoms. The summed E-state index contributed by atoms with van der Waals surface area (Å²) in [6, 6.07) is 11.9. The van der Waals surface area contributed by atoms with Crippen LogP contribution in [0.15, 0.2) is 36.4 Å². The van der Waals surface area contributed by atoms with Crippen LogP contribution in [-0.4, -0.2) is 39.8 Å². The van der Waals surface area contributed by atoms with Gasteiger partial charge in [0.15, 0.2) is 17.5 Å². The fraction of sp³-hybridized carbons (Fsp3) is 0.409. The zero-order valence-corrected chi connectivity index (χ0v) is 17.2. The van der Waals surface area contributed by atoms with Gasteiger partial charge in [0.1, 0.15) is 0 Å². The number of nitrogens with one attached hydrogen (secondary N) is 2. The van der Waals surface area contributed by atoms with Crippen molar-refractivity contribution in [3.63, 3.8) is 0 Å². The van der Waals surface area contributed by atoms with Crippen LogP contribution >= 0.6 is 0 Å². The molecule has 0 aliphatic rings. The van der Waals surface area contributed by atoms with Gasteiger partial charge in [-0.3, -0.25) is 4.79 Å². The Morgan fingerprint density at radius 1 is 1.07 bits per heavy atom. The smallest absolute Gasteiger partial charge is 0.282 e. The SMILES string of the molecule is COc1ccc(CC[NH+](C)[C@H](C)C(=O)Nc2ccc(C)cc2C)cc1OC. The summed E-state index contributed by atoms with van der Waals surface area (Å²) >= 11 is 0. The largest absolute Gasteiger partial charge is 0.493 e. The number of carbonyl (C=O) groups excluding carboxylic acids is 1. The molecular weight excluding hydrogens is 340 g/mol. The Kier molecular flexibility index (Phi) is 7.25. The van der Waals surface area contributed by atoms with E-state index in [1.807, 2.05) is 58.2 Å². The second-order valence-corrected chi connectivity index (χ2v) is 7.07. The maximum absolute atomic E-state index is 12.6. The highest BCUT2D eigenvalue weighted by Crippen LogP contribution is 2.27. The minimum Gasteiger partial charge on any atom is -0.493 e. The van der Waals surface area contributed by atoms with Crippen molar-refractivity contribution in [1.29, 1.82) is 0 Å². The van der Waals surface area contributed by atoms with E-state index in [4.69, 9.17) is 9.47 Å². The van der Waals surface area contributed by atoms with Gasteiger partial charge < -0.3 is 19.7 Å². The Morgan fingerprint density at radius 2 is 1.78 bits per heavy atom. The van der Waals surface area contributed by atoms with Crippen molar-refractivity contribution in [2.45, 2.75) is 33.2 Å². The quantitative estimate of drug-likeness (QED) is 0.749. The predicted octanol–water partition coefficient (Wildman–Crippen LogP) is 2.41. The van der Waals surface area contributed by atoms with Gasteiger partial charge in [0.25, 0.3) is 5.91 Å². The molecule has 0 aliphatic heterocycles. The van der Waals surface area contributed by atoms with E-state index in [1.165, 1.54) is 5.56 Å². The van der Waals surface area contributed by atoms with Crippen LogP contribution in [0.5, 0.6) is 11.5 Å². The van der Waals surface area contributed by atoms with E-state index in [1.54, 1.807) is 14.2 Å². The van der Waals surface area contributed by atoms with Crippen LogP contribution in [0.2, 0.25) is 0 Å². The van der Waals surface area contributed by atoms with Gasteiger partial charge in [-0.1, -0.05) is 23.8 Å². The minimum absolute atomic E-state index is 0.0340. The van der Waals surface area contributed by atoms with Crippen LogP contribution in [0.1, 0.15) is 23.6 Å². The zero-order valence-electron chi connectivity index (χ0n) is 17.2. The molecule has 1 amide bonds. The van der Waals surface area contributed by atoms with E-state index in [2.05, 4.69) is 11.4 Å². The van der Waals surface area contributed by atoms with E-state index in [9.17, 15) is 4.79 Å². The lowest BCUT2D eigenvalue weighted by atomic mass is 10.1. The summed E-state index contributed by atoms with van der Waals surface area (Å²) in [4.78, 5) is 13.8. The van der Waals surface area contributed by atoms with Crippen LogP contribution in [0, 0.1) is 13.8 Å². The van der Waals surface area contributed by atoms with Crippen molar-refractivity contribution in [2.75, 3.05) is 33.1 Å². The minimum atomic E-state index is -0.147. The van der Waals surface area contributed by atoms with Crippen molar-refractivity contribution in [3.8, 4) is 11.5 Å². The summed E-state index contributed by atoms with van der Waals surface area (Å²) < 4.78 is 10.6. The number of hydrogen-bond donors (Lipinski definition) is 2. The van der Waals surface area contributed by atoms with Crippen molar-refractivity contribution in [3.05, 3.63) is 53.1 Å². The van der Waals surface area contributed by atoms with Crippen LogP contribution in [0.4, 0.5) is 5.69 Å². The van der Waals surface area contributed by atoms with Crippen molar-refractivity contribution >= 4 is 11.6 Å². The number of ether oxygens (including phenoxy) is 2. The number of benzene rings is 2. The third-order valence-electron chi connectivity index (χ3n) is 5.03. The molecule has 1 unspecified atom stereocenters. The van der Waals surface area contributed by atoms with Crippen LogP contribution < -0.4 is 19.7 Å². The Hall–Kier alpha value is -2.53. The number of carbonyl (C=O) groups is 1. The number of hydrogen-bond acceptors (Lipinski definition) is 3. The van der Waals surface area contributed by atoms with Crippen LogP contribution in [0.25, 0.3) is 0 Å². The highest BCUT2D eigenvalue weighted by Gasteiger charge is 2.22. The molecule has 0 fully saturated rings. The van der Waals surface area contributed by atoms with E-state index < -0.39 is 0 Å². The lowest BCUT2D eigenvalue weighted by molar-refractivity contribution is -0.893. The second-order valence-electron chi connectivity index (χ2n) is 7.07. The number of amides is 1. The molecule has 0 saturated heterocycles. The molecule has 0 aliphatic carbocycles. The van der Waals surface area contributed by atoms with Gasteiger partial charge in [0.05, 0.1) is 27.8 Å². The molecule has 0 spiro atoms. The standard InChI is InChI=1S/C22H30N2O3/c1-15-7-9-19(16(2)13-15)23-22(25)17(3)24(4)12-11-18-8-10-20(26-5)21(14-18)27-6/h7-10,13-14,17H,11-12H2,1-6H3,(H,23,25)/p+1/t17-/m1/s1. The number of methoxy groups -OCH3 is 2. The average Bonchev–Trinajstić information content (AvgIpc) is 2.67. The van der Waals surface area contributed by atoms with E-state index in [0.717, 1.165) is 46.2 Å². The van der Waals surface area contributed by atoms with Crippen LogP contribution in [0.3, 0.4) is 0 Å². The number of anilines is 1. The topological polar surface area (TPSA) is 52.0 Å². The summed E-state index contributed by atoms with van der Waals surface area (Å²) in [6.45, 7) is 6.87. The van der Waals surface area contributed by atoms with E-state index in [-0.39, 0.29) is 11.9 Å². The van der Waals surface area contributed by atoms with Crippen molar-refractivity contribution in [2.24, 2.45) is 0 Å². The number of aryl methyl sites for hydroxylation is 2. The van der Waals surface area contributed by atoms with Gasteiger partial charge in [-0.25, -0.2) is 0 Å². The van der Waals surface area contributed by atoms with Crippen molar-refractivity contribution in [1.82, 2.24) is 0 Å². The first-order chi connectivity index (χ1) is 12.8. The number of rotatable bonds is 8. The van der Waals surface area contributed by atoms with Crippen molar-refractivity contribution < 1.29 is 19.2 Å². The fourth-order valence-corrected chi connectivity index (χ4v) is 3.01. The second kappa shape index (κ2) is 9.42. The molecule has 0 radical (unpaired) electrons. The lowest BCUT2D eigenvalue weighted by Gasteiger charge is -2.22. The molecule has 5 heteroatoms. The maximum atomic E-state index is 12.6. The fourth-order valence-electron chi connectivity index (χ4n) is 3.01. The summed E-state index contributed by atoms with van der Waals surface area (Å²) in [5, 5.41) is 3.05. The average molecular weight is 372 g/mol. The Labute approximate surface area is 162 Å². The Balaban J connectivity index is 1.94. The van der Waals surface area contributed by atoms with Gasteiger partial charge in [-0.05, 0) is 50.1 Å². The molecule has 0 heterocycles. The van der Waals surface area contributed by atoms with Crippen LogP contribution in [-0.2, 0) is 11.2 Å². The van der Waals surface area contributed by atoms with Gasteiger partial charge in [-0.15, -0.1) is 0 Å². The number of quaternary nitrogens is 1. The third kappa shape index (κ3) is 5.47. The van der Waals surface area contributed by atoms with Gasteiger partial charge in [-0.2, -0.15) is 0 Å². The van der Waals surface area contributed by atoms with E-state index >= 15 is 0 Å². The highest BCUT2D eigenvalue weighted by atomic mass is 16.5. The maximum Gasteiger partial charge on any atom is 0.282 e. The first-order valence-corrected chi connectivity index (χ1v) is 9.27.